The fraction of sp³-hybridized carbons (Fsp3) is 0.0488. The van der Waals surface area contributed by atoms with Crippen LogP contribution in [0.2, 0.25) is 0 Å². The molecular weight excluding hydrogens is 578 g/mol. The van der Waals surface area contributed by atoms with E-state index in [1.807, 2.05) is 55.1 Å². The van der Waals surface area contributed by atoms with Gasteiger partial charge in [0.1, 0.15) is 17.2 Å². The lowest BCUT2D eigenvalue weighted by molar-refractivity contribution is 0.434. The van der Waals surface area contributed by atoms with Gasteiger partial charge >= 0.3 is 0 Å². The van der Waals surface area contributed by atoms with E-state index in [4.69, 9.17) is 9.41 Å². The number of pyridine rings is 2. The highest BCUT2D eigenvalue weighted by Gasteiger charge is 2.26. The number of rotatable bonds is 5. The first-order valence-electron chi connectivity index (χ1n) is 15.7. The average molecular weight is 608 g/mol. The second-order valence-corrected chi connectivity index (χ2v) is 11.8. The molecule has 9 rings (SSSR count). The van der Waals surface area contributed by atoms with Crippen LogP contribution in [0.1, 0.15) is 22.7 Å². The van der Waals surface area contributed by atoms with Crippen molar-refractivity contribution in [3.63, 3.8) is 0 Å². The predicted octanol–water partition coefficient (Wildman–Crippen LogP) is 9.46. The molecule has 6 heteroatoms. The van der Waals surface area contributed by atoms with Crippen LogP contribution in [0.5, 0.6) is 0 Å². The topological polar surface area (TPSA) is 59.5 Å². The van der Waals surface area contributed by atoms with Gasteiger partial charge in [-0.1, -0.05) is 48.5 Å². The summed E-state index contributed by atoms with van der Waals surface area (Å²) in [7, 11) is 2.10. The Morgan fingerprint density at radius 3 is 2.15 bits per heavy atom. The van der Waals surface area contributed by atoms with Gasteiger partial charge in [-0.3, -0.25) is 9.97 Å². The summed E-state index contributed by atoms with van der Waals surface area (Å²) in [6.45, 7) is 0. The maximum absolute atomic E-state index is 6.58. The van der Waals surface area contributed by atoms with Gasteiger partial charge in [0.2, 0.25) is 0 Å². The molecule has 0 bridgehead atoms. The molecule has 0 radical (unpaired) electrons. The van der Waals surface area contributed by atoms with Crippen molar-refractivity contribution >= 4 is 44.3 Å². The van der Waals surface area contributed by atoms with E-state index in [1.54, 1.807) is 0 Å². The van der Waals surface area contributed by atoms with E-state index in [-0.39, 0.29) is 6.04 Å². The SMILES string of the molecule is CN1C(c2ccc(-n3c4ccccc4c4c5oc(-c6ccccc6)cc5ccc43)cc2)=NC(c2ccncc2)=CC1c1ccncc1. The first kappa shape index (κ1) is 27.1. The van der Waals surface area contributed by atoms with Crippen molar-refractivity contribution in [3.05, 3.63) is 169 Å². The lowest BCUT2D eigenvalue weighted by Gasteiger charge is -2.33. The zero-order valence-corrected chi connectivity index (χ0v) is 25.7. The molecular formula is C41H29N5O. The van der Waals surface area contributed by atoms with Crippen LogP contribution in [0.3, 0.4) is 0 Å². The van der Waals surface area contributed by atoms with Crippen molar-refractivity contribution < 1.29 is 4.42 Å². The Labute approximate surface area is 271 Å². The highest BCUT2D eigenvalue weighted by molar-refractivity contribution is 6.20. The number of hydrogen-bond acceptors (Lipinski definition) is 5. The molecule has 4 aromatic carbocycles. The number of aromatic nitrogens is 3. The number of amidine groups is 1. The minimum atomic E-state index is 0.00200. The summed E-state index contributed by atoms with van der Waals surface area (Å²) in [5.74, 6) is 1.78. The molecule has 1 aliphatic heterocycles. The Morgan fingerprint density at radius 1 is 0.638 bits per heavy atom. The van der Waals surface area contributed by atoms with E-state index < -0.39 is 0 Å². The summed E-state index contributed by atoms with van der Waals surface area (Å²) in [4.78, 5) is 15.9. The van der Waals surface area contributed by atoms with Crippen molar-refractivity contribution in [1.29, 1.82) is 0 Å². The molecule has 0 amide bonds. The third-order valence-electron chi connectivity index (χ3n) is 9.08. The zero-order valence-electron chi connectivity index (χ0n) is 25.7. The van der Waals surface area contributed by atoms with E-state index in [2.05, 4.69) is 124 Å². The highest BCUT2D eigenvalue weighted by Crippen LogP contribution is 2.40. The standard InChI is InChI=1S/C41H29N5O/c1-45-37(28-19-23-43-24-20-28)26-34(27-17-21-42-22-18-27)44-41(45)30-11-14-32(15-12-30)46-35-10-6-5-9-33(35)39-36(46)16-13-31-25-38(47-40(31)39)29-7-3-2-4-8-29/h2-26,37H,1H3. The molecule has 0 fully saturated rings. The van der Waals surface area contributed by atoms with E-state index in [1.165, 1.54) is 0 Å². The Morgan fingerprint density at radius 2 is 1.36 bits per heavy atom. The number of nitrogens with zero attached hydrogens (tertiary/aromatic N) is 5. The number of likely N-dealkylation sites (N-methyl/N-ethyl adjacent to an activating group) is 1. The van der Waals surface area contributed by atoms with Crippen LogP contribution in [-0.4, -0.2) is 32.3 Å². The van der Waals surface area contributed by atoms with Crippen molar-refractivity contribution in [1.82, 2.24) is 19.4 Å². The number of fused-ring (bicyclic) bond motifs is 5. The second kappa shape index (κ2) is 11.0. The van der Waals surface area contributed by atoms with Gasteiger partial charge in [-0.2, -0.15) is 0 Å². The summed E-state index contributed by atoms with van der Waals surface area (Å²) >= 11 is 0. The first-order valence-corrected chi connectivity index (χ1v) is 15.7. The van der Waals surface area contributed by atoms with Crippen LogP contribution < -0.4 is 0 Å². The summed E-state index contributed by atoms with van der Waals surface area (Å²) in [6, 6.07) is 42.2. The van der Waals surface area contributed by atoms with Crippen molar-refractivity contribution in [2.45, 2.75) is 6.04 Å². The van der Waals surface area contributed by atoms with Crippen molar-refractivity contribution in [2.24, 2.45) is 4.99 Å². The molecule has 47 heavy (non-hydrogen) atoms. The Balaban J connectivity index is 1.16. The molecule has 1 atom stereocenters. The Bertz CT molecular complexity index is 2460. The molecule has 1 unspecified atom stereocenters. The van der Waals surface area contributed by atoms with Gasteiger partial charge in [0, 0.05) is 65.0 Å². The van der Waals surface area contributed by atoms with Crippen LogP contribution in [0.4, 0.5) is 0 Å². The number of benzene rings is 4. The summed E-state index contributed by atoms with van der Waals surface area (Å²) in [5, 5.41) is 3.37. The zero-order chi connectivity index (χ0) is 31.3. The van der Waals surface area contributed by atoms with E-state index in [9.17, 15) is 0 Å². The number of hydrogen-bond donors (Lipinski definition) is 0. The van der Waals surface area contributed by atoms with Crippen LogP contribution in [-0.2, 0) is 0 Å². The minimum Gasteiger partial charge on any atom is -0.455 e. The maximum atomic E-state index is 6.58. The fourth-order valence-electron chi connectivity index (χ4n) is 6.79. The van der Waals surface area contributed by atoms with Gasteiger partial charge in [-0.25, -0.2) is 4.99 Å². The van der Waals surface area contributed by atoms with E-state index >= 15 is 0 Å². The lowest BCUT2D eigenvalue weighted by Crippen LogP contribution is -2.33. The molecule has 0 saturated carbocycles. The minimum absolute atomic E-state index is 0.00200. The normalized spacial score (nSPS) is 14.9. The van der Waals surface area contributed by atoms with Gasteiger partial charge in [0.15, 0.2) is 0 Å². The molecule has 4 aromatic heterocycles. The molecule has 0 spiro atoms. The third kappa shape index (κ3) is 4.53. The van der Waals surface area contributed by atoms with Gasteiger partial charge < -0.3 is 13.9 Å². The van der Waals surface area contributed by atoms with Gasteiger partial charge in [-0.05, 0) is 84.4 Å². The smallest absolute Gasteiger partial charge is 0.144 e. The predicted molar refractivity (Wildman–Crippen MR) is 189 cm³/mol. The fourth-order valence-corrected chi connectivity index (χ4v) is 6.79. The van der Waals surface area contributed by atoms with E-state index in [0.29, 0.717) is 0 Å². The number of furan rings is 1. The van der Waals surface area contributed by atoms with Gasteiger partial charge in [-0.15, -0.1) is 0 Å². The molecule has 5 heterocycles. The second-order valence-electron chi connectivity index (χ2n) is 11.8. The molecule has 6 nitrogen and oxygen atoms in total. The number of aliphatic imine (C=N–C) groups is 1. The summed E-state index contributed by atoms with van der Waals surface area (Å²) in [6.07, 6.45) is 9.51. The van der Waals surface area contributed by atoms with Crippen LogP contribution in [0, 0.1) is 0 Å². The quantitative estimate of drug-likeness (QED) is 0.196. The summed E-state index contributed by atoms with van der Waals surface area (Å²) < 4.78 is 8.91. The first-order chi connectivity index (χ1) is 23.2. The highest BCUT2D eigenvalue weighted by atomic mass is 16.3. The van der Waals surface area contributed by atoms with E-state index in [0.717, 1.165) is 78.0 Å². The number of para-hydroxylation sites is 1. The molecule has 224 valence electrons. The molecule has 8 aromatic rings. The Hall–Kier alpha value is -6.27. The van der Waals surface area contributed by atoms with Crippen LogP contribution in [0.25, 0.3) is 55.5 Å². The lowest BCUT2D eigenvalue weighted by atomic mass is 10.00. The van der Waals surface area contributed by atoms with Crippen LogP contribution >= 0.6 is 0 Å². The van der Waals surface area contributed by atoms with Crippen molar-refractivity contribution in [3.8, 4) is 17.0 Å². The monoisotopic (exact) mass is 607 g/mol. The van der Waals surface area contributed by atoms with Crippen molar-refractivity contribution in [2.75, 3.05) is 7.05 Å². The summed E-state index contributed by atoms with van der Waals surface area (Å²) in [5.41, 5.74) is 9.44. The third-order valence-corrected chi connectivity index (χ3v) is 9.08. The average Bonchev–Trinajstić information content (AvgIpc) is 3.73. The molecule has 1 aliphatic rings. The van der Waals surface area contributed by atoms with Gasteiger partial charge in [0.25, 0.3) is 0 Å². The van der Waals surface area contributed by atoms with Crippen LogP contribution in [0.15, 0.2) is 162 Å². The largest absolute Gasteiger partial charge is 0.455 e. The molecule has 0 N–H and O–H groups in total. The maximum Gasteiger partial charge on any atom is 0.144 e. The molecule has 0 aliphatic carbocycles. The Kier molecular flexibility index (Phi) is 6.32. The van der Waals surface area contributed by atoms with Gasteiger partial charge in [0.05, 0.1) is 28.2 Å². The molecule has 0 saturated heterocycles.